The van der Waals surface area contributed by atoms with Crippen molar-refractivity contribution in [1.82, 2.24) is 14.8 Å². The van der Waals surface area contributed by atoms with Gasteiger partial charge in [-0.05, 0) is 65.0 Å². The second kappa shape index (κ2) is 6.45. The molecule has 0 bridgehead atoms. The smallest absolute Gasteiger partial charge is 0.255 e. The lowest BCUT2D eigenvalue weighted by molar-refractivity contribution is 0.0704. The van der Waals surface area contributed by atoms with Crippen molar-refractivity contribution in [2.75, 3.05) is 19.6 Å². The molecule has 1 amide bonds. The Labute approximate surface area is 133 Å². The van der Waals surface area contributed by atoms with E-state index in [4.69, 9.17) is 0 Å². The summed E-state index contributed by atoms with van der Waals surface area (Å²) in [5, 5.41) is 3.67. The molecule has 1 N–H and O–H groups in total. The minimum atomic E-state index is 0.216. The van der Waals surface area contributed by atoms with E-state index in [0.717, 1.165) is 49.7 Å². The fourth-order valence-corrected chi connectivity index (χ4v) is 3.62. The van der Waals surface area contributed by atoms with Crippen LogP contribution in [0.5, 0.6) is 0 Å². The highest BCUT2D eigenvalue weighted by atomic mass is 16.2. The number of piperidine rings is 1. The number of carbonyl (C=O) groups is 1. The lowest BCUT2D eigenvalue weighted by Gasteiger charge is -2.32. The molecule has 2 aliphatic rings. The molecule has 4 heteroatoms. The van der Waals surface area contributed by atoms with Crippen LogP contribution in [0, 0.1) is 19.8 Å². The van der Waals surface area contributed by atoms with E-state index in [-0.39, 0.29) is 5.91 Å². The Morgan fingerprint density at radius 1 is 1.23 bits per heavy atom. The first-order valence-corrected chi connectivity index (χ1v) is 8.79. The lowest BCUT2D eigenvalue weighted by Crippen LogP contribution is -2.45. The largest absolute Gasteiger partial charge is 0.349 e. The molecule has 122 valence electrons. The molecule has 0 unspecified atom stereocenters. The van der Waals surface area contributed by atoms with Gasteiger partial charge >= 0.3 is 0 Å². The van der Waals surface area contributed by atoms with Crippen molar-refractivity contribution >= 4 is 5.91 Å². The minimum Gasteiger partial charge on any atom is -0.349 e. The summed E-state index contributed by atoms with van der Waals surface area (Å²) < 4.78 is 2.22. The quantitative estimate of drug-likeness (QED) is 0.908. The van der Waals surface area contributed by atoms with E-state index < -0.39 is 0 Å². The Morgan fingerprint density at radius 3 is 2.45 bits per heavy atom. The zero-order valence-electron chi connectivity index (χ0n) is 14.2. The predicted molar refractivity (Wildman–Crippen MR) is 89.2 cm³/mol. The fraction of sp³-hybridized carbons (Fsp3) is 0.722. The average molecular weight is 303 g/mol. The molecule has 1 aromatic heterocycles. The Balaban J connectivity index is 1.57. The van der Waals surface area contributed by atoms with Gasteiger partial charge in [-0.3, -0.25) is 4.79 Å². The molecule has 3 rings (SSSR count). The van der Waals surface area contributed by atoms with E-state index >= 15 is 0 Å². The molecular weight excluding hydrogens is 274 g/mol. The third-order valence-corrected chi connectivity index (χ3v) is 5.29. The predicted octanol–water partition coefficient (Wildman–Crippen LogP) is 2.73. The van der Waals surface area contributed by atoms with Crippen LogP contribution in [0.1, 0.15) is 54.4 Å². The standard InChI is InChI=1S/C18H29N3O/c1-4-21-13(2)11-17(14(21)3)18(22)20-9-7-16(8-10-20)19-12-15-5-6-15/h11,15-16,19H,4-10,12H2,1-3H3. The van der Waals surface area contributed by atoms with Gasteiger partial charge in [0, 0.05) is 37.1 Å². The van der Waals surface area contributed by atoms with E-state index in [9.17, 15) is 4.79 Å². The van der Waals surface area contributed by atoms with Gasteiger partial charge in [-0.15, -0.1) is 0 Å². The van der Waals surface area contributed by atoms with Gasteiger partial charge in [0.05, 0.1) is 5.56 Å². The van der Waals surface area contributed by atoms with Crippen LogP contribution in [0.25, 0.3) is 0 Å². The number of nitrogens with one attached hydrogen (secondary N) is 1. The Bertz CT molecular complexity index is 537. The van der Waals surface area contributed by atoms with Crippen molar-refractivity contribution in [3.8, 4) is 0 Å². The normalized spacial score (nSPS) is 19.7. The average Bonchev–Trinajstić information content (AvgIpc) is 3.30. The highest BCUT2D eigenvalue weighted by Gasteiger charge is 2.27. The van der Waals surface area contributed by atoms with Crippen LogP contribution in [0.2, 0.25) is 0 Å². The van der Waals surface area contributed by atoms with E-state index in [1.165, 1.54) is 25.1 Å². The van der Waals surface area contributed by atoms with Gasteiger partial charge in [0.25, 0.3) is 5.91 Å². The first kappa shape index (κ1) is 15.6. The summed E-state index contributed by atoms with van der Waals surface area (Å²) in [7, 11) is 0. The van der Waals surface area contributed by atoms with Crippen LogP contribution >= 0.6 is 0 Å². The summed E-state index contributed by atoms with van der Waals surface area (Å²) in [6.45, 7) is 10.2. The number of aromatic nitrogens is 1. The highest BCUT2D eigenvalue weighted by Crippen LogP contribution is 2.28. The molecule has 1 aromatic rings. The summed E-state index contributed by atoms with van der Waals surface area (Å²) in [5.41, 5.74) is 3.19. The maximum absolute atomic E-state index is 12.8. The summed E-state index contributed by atoms with van der Waals surface area (Å²) in [5.74, 6) is 1.15. The summed E-state index contributed by atoms with van der Waals surface area (Å²) in [4.78, 5) is 14.8. The highest BCUT2D eigenvalue weighted by molar-refractivity contribution is 5.95. The maximum Gasteiger partial charge on any atom is 0.255 e. The van der Waals surface area contributed by atoms with Crippen LogP contribution in [0.3, 0.4) is 0 Å². The summed E-state index contributed by atoms with van der Waals surface area (Å²) in [6, 6.07) is 2.66. The summed E-state index contributed by atoms with van der Waals surface area (Å²) >= 11 is 0. The minimum absolute atomic E-state index is 0.216. The lowest BCUT2D eigenvalue weighted by atomic mass is 10.0. The van der Waals surface area contributed by atoms with Gasteiger partial charge in [-0.1, -0.05) is 0 Å². The first-order valence-electron chi connectivity index (χ1n) is 8.79. The third kappa shape index (κ3) is 3.22. The van der Waals surface area contributed by atoms with E-state index in [2.05, 4.69) is 36.7 Å². The van der Waals surface area contributed by atoms with Crippen LogP contribution in [-0.2, 0) is 6.54 Å². The van der Waals surface area contributed by atoms with Crippen molar-refractivity contribution in [3.05, 3.63) is 23.0 Å². The van der Waals surface area contributed by atoms with Crippen LogP contribution in [-0.4, -0.2) is 41.1 Å². The van der Waals surface area contributed by atoms with E-state index in [0.29, 0.717) is 6.04 Å². The molecule has 1 saturated heterocycles. The number of rotatable bonds is 5. The van der Waals surface area contributed by atoms with Crippen molar-refractivity contribution < 1.29 is 4.79 Å². The van der Waals surface area contributed by atoms with Crippen LogP contribution in [0.15, 0.2) is 6.07 Å². The number of nitrogens with zero attached hydrogens (tertiary/aromatic N) is 2. The topological polar surface area (TPSA) is 37.3 Å². The number of aryl methyl sites for hydroxylation is 1. The van der Waals surface area contributed by atoms with Gasteiger partial charge in [0.15, 0.2) is 0 Å². The number of hydrogen-bond acceptors (Lipinski definition) is 2. The van der Waals surface area contributed by atoms with Crippen LogP contribution in [0.4, 0.5) is 0 Å². The SMILES string of the molecule is CCn1c(C)cc(C(=O)N2CCC(NCC3CC3)CC2)c1C. The van der Waals surface area contributed by atoms with Crippen molar-refractivity contribution in [2.45, 2.75) is 59.0 Å². The molecule has 0 atom stereocenters. The number of likely N-dealkylation sites (tertiary alicyclic amines) is 1. The number of amides is 1. The molecule has 1 aliphatic carbocycles. The second-order valence-electron chi connectivity index (χ2n) is 6.95. The van der Waals surface area contributed by atoms with Gasteiger partial charge < -0.3 is 14.8 Å². The zero-order valence-corrected chi connectivity index (χ0v) is 14.2. The van der Waals surface area contributed by atoms with Gasteiger partial charge in [0.2, 0.25) is 0 Å². The molecule has 1 aliphatic heterocycles. The molecule has 22 heavy (non-hydrogen) atoms. The summed E-state index contributed by atoms with van der Waals surface area (Å²) in [6.07, 6.45) is 4.98. The molecule has 2 heterocycles. The number of carbonyl (C=O) groups excluding carboxylic acids is 1. The van der Waals surface area contributed by atoms with Crippen molar-refractivity contribution in [1.29, 1.82) is 0 Å². The molecule has 0 aromatic carbocycles. The van der Waals surface area contributed by atoms with E-state index in [1.54, 1.807) is 0 Å². The zero-order chi connectivity index (χ0) is 15.7. The van der Waals surface area contributed by atoms with Gasteiger partial charge in [0.1, 0.15) is 0 Å². The molecule has 4 nitrogen and oxygen atoms in total. The maximum atomic E-state index is 12.8. The van der Waals surface area contributed by atoms with Gasteiger partial charge in [-0.2, -0.15) is 0 Å². The Morgan fingerprint density at radius 2 is 1.91 bits per heavy atom. The molecule has 0 spiro atoms. The molecule has 2 fully saturated rings. The van der Waals surface area contributed by atoms with Gasteiger partial charge in [-0.25, -0.2) is 0 Å². The molecule has 0 radical (unpaired) electrons. The third-order valence-electron chi connectivity index (χ3n) is 5.29. The van der Waals surface area contributed by atoms with Crippen molar-refractivity contribution in [3.63, 3.8) is 0 Å². The number of hydrogen-bond donors (Lipinski definition) is 1. The van der Waals surface area contributed by atoms with Crippen LogP contribution < -0.4 is 5.32 Å². The van der Waals surface area contributed by atoms with E-state index in [1.807, 2.05) is 4.90 Å². The first-order chi connectivity index (χ1) is 10.6. The molecule has 1 saturated carbocycles. The van der Waals surface area contributed by atoms with Crippen molar-refractivity contribution in [2.24, 2.45) is 5.92 Å². The Kier molecular flexibility index (Phi) is 4.57. The molecular formula is C18H29N3O. The fourth-order valence-electron chi connectivity index (χ4n) is 3.62. The second-order valence-corrected chi connectivity index (χ2v) is 6.95. The monoisotopic (exact) mass is 303 g/mol. The Hall–Kier alpha value is -1.29.